The Morgan fingerprint density at radius 1 is 1.19 bits per heavy atom. The van der Waals surface area contributed by atoms with Crippen molar-refractivity contribution in [1.82, 2.24) is 4.90 Å². The van der Waals surface area contributed by atoms with E-state index in [1.165, 1.54) is 6.07 Å². The second kappa shape index (κ2) is 8.11. The number of aliphatic hydroxyl groups is 1. The van der Waals surface area contributed by atoms with Crippen molar-refractivity contribution in [3.8, 4) is 0 Å². The first kappa shape index (κ1) is 18.4. The molecule has 0 saturated carbocycles. The number of rotatable bonds is 8. The average Bonchev–Trinajstić information content (AvgIpc) is 2.48. The maximum absolute atomic E-state index is 13.2. The van der Waals surface area contributed by atoms with E-state index < -0.39 is 11.9 Å². The summed E-state index contributed by atoms with van der Waals surface area (Å²) >= 11 is 5.83. The van der Waals surface area contributed by atoms with Crippen LogP contribution in [0.15, 0.2) is 18.2 Å². The van der Waals surface area contributed by atoms with Gasteiger partial charge >= 0.3 is 0 Å². The molecule has 1 unspecified atom stereocenters. The van der Waals surface area contributed by atoms with Gasteiger partial charge in [0.15, 0.2) is 0 Å². The van der Waals surface area contributed by atoms with Gasteiger partial charge in [0.1, 0.15) is 5.82 Å². The Labute approximate surface area is 132 Å². The molecule has 120 valence electrons. The van der Waals surface area contributed by atoms with Crippen molar-refractivity contribution in [3.63, 3.8) is 0 Å². The highest BCUT2D eigenvalue weighted by atomic mass is 35.5. The molecule has 2 nitrogen and oxygen atoms in total. The molecule has 1 N–H and O–H groups in total. The predicted octanol–water partition coefficient (Wildman–Crippen LogP) is 4.28. The molecule has 0 bridgehead atoms. The van der Waals surface area contributed by atoms with E-state index in [4.69, 9.17) is 11.6 Å². The van der Waals surface area contributed by atoms with Crippen LogP contribution in [0, 0.1) is 5.82 Å². The molecule has 0 spiro atoms. The van der Waals surface area contributed by atoms with Crippen LogP contribution >= 0.6 is 11.6 Å². The van der Waals surface area contributed by atoms with Gasteiger partial charge in [0, 0.05) is 12.0 Å². The van der Waals surface area contributed by atoms with E-state index in [1.807, 2.05) is 0 Å². The van der Waals surface area contributed by atoms with Gasteiger partial charge in [-0.05, 0) is 43.6 Å². The average molecular weight is 316 g/mol. The third-order valence-corrected chi connectivity index (χ3v) is 4.94. The summed E-state index contributed by atoms with van der Waals surface area (Å²) in [5, 5.41) is 10.9. The Morgan fingerprint density at radius 2 is 1.76 bits per heavy atom. The van der Waals surface area contributed by atoms with E-state index in [9.17, 15) is 9.50 Å². The van der Waals surface area contributed by atoms with Gasteiger partial charge in [-0.15, -0.1) is 0 Å². The number of halogens is 2. The van der Waals surface area contributed by atoms with Gasteiger partial charge in [-0.3, -0.25) is 4.90 Å². The summed E-state index contributed by atoms with van der Waals surface area (Å²) in [5.41, 5.74) is 0.622. The second-order valence-electron chi connectivity index (χ2n) is 5.45. The maximum Gasteiger partial charge on any atom is 0.141 e. The zero-order valence-corrected chi connectivity index (χ0v) is 14.3. The summed E-state index contributed by atoms with van der Waals surface area (Å²) in [6.07, 6.45) is 1.73. The first-order valence-electron chi connectivity index (χ1n) is 7.82. The fourth-order valence-electron chi connectivity index (χ4n) is 3.31. The third kappa shape index (κ3) is 3.97. The smallest absolute Gasteiger partial charge is 0.141 e. The summed E-state index contributed by atoms with van der Waals surface area (Å²) in [6, 6.07) is 4.67. The molecular formula is C17H27ClFNO. The number of benzene rings is 1. The Hall–Kier alpha value is -0.640. The van der Waals surface area contributed by atoms with E-state index in [2.05, 4.69) is 32.6 Å². The molecule has 1 aromatic rings. The highest BCUT2D eigenvalue weighted by molar-refractivity contribution is 6.30. The molecule has 0 aliphatic heterocycles. The lowest BCUT2D eigenvalue weighted by molar-refractivity contribution is -0.0340. The molecule has 0 fully saturated rings. The molecule has 1 rings (SSSR count). The van der Waals surface area contributed by atoms with Crippen molar-refractivity contribution < 1.29 is 9.50 Å². The van der Waals surface area contributed by atoms with Gasteiger partial charge in [-0.1, -0.05) is 45.4 Å². The molecule has 0 saturated heterocycles. The summed E-state index contributed by atoms with van der Waals surface area (Å²) in [4.78, 5) is 2.32. The van der Waals surface area contributed by atoms with Crippen molar-refractivity contribution in [3.05, 3.63) is 34.6 Å². The Morgan fingerprint density at radius 3 is 2.19 bits per heavy atom. The number of hydrogen-bond acceptors (Lipinski definition) is 2. The van der Waals surface area contributed by atoms with Crippen molar-refractivity contribution in [2.24, 2.45) is 0 Å². The van der Waals surface area contributed by atoms with Crippen LogP contribution in [0.3, 0.4) is 0 Å². The topological polar surface area (TPSA) is 23.5 Å². The number of nitrogens with zero attached hydrogens (tertiary/aromatic N) is 1. The molecule has 0 radical (unpaired) electrons. The Kier molecular flexibility index (Phi) is 7.11. The lowest BCUT2D eigenvalue weighted by Crippen LogP contribution is -2.56. The molecule has 1 atom stereocenters. The third-order valence-electron chi connectivity index (χ3n) is 4.65. The molecule has 21 heavy (non-hydrogen) atoms. The number of hydrogen-bond donors (Lipinski definition) is 1. The van der Waals surface area contributed by atoms with Crippen molar-refractivity contribution in [1.29, 1.82) is 0 Å². The minimum absolute atomic E-state index is 0.112. The second-order valence-corrected chi connectivity index (χ2v) is 5.86. The lowest BCUT2D eigenvalue weighted by atomic mass is 9.81. The van der Waals surface area contributed by atoms with Crippen LogP contribution < -0.4 is 0 Å². The van der Waals surface area contributed by atoms with Crippen LogP contribution in [0.1, 0.15) is 46.1 Å². The van der Waals surface area contributed by atoms with E-state index in [1.54, 1.807) is 12.1 Å². The number of aliphatic hydroxyl groups excluding tert-OH is 1. The standard InChI is InChI=1S/C17H27ClFNO/c1-5-17(6-2,20(7-3)8-4)16(21)12-13-9-10-15(19)14(18)11-13/h9-11,16,21H,5-8,12H2,1-4H3. The zero-order valence-electron chi connectivity index (χ0n) is 13.5. The molecule has 0 aliphatic carbocycles. The molecule has 0 heterocycles. The predicted molar refractivity (Wildman–Crippen MR) is 87.4 cm³/mol. The molecular weight excluding hydrogens is 289 g/mol. The molecule has 0 aliphatic rings. The monoisotopic (exact) mass is 315 g/mol. The van der Waals surface area contributed by atoms with E-state index >= 15 is 0 Å². The van der Waals surface area contributed by atoms with Crippen LogP contribution in [0.25, 0.3) is 0 Å². The van der Waals surface area contributed by atoms with Gasteiger partial charge in [-0.25, -0.2) is 4.39 Å². The summed E-state index contributed by atoms with van der Waals surface area (Å²) in [5.74, 6) is -0.420. The summed E-state index contributed by atoms with van der Waals surface area (Å²) in [6.45, 7) is 10.3. The molecule has 0 amide bonds. The molecule has 4 heteroatoms. The zero-order chi connectivity index (χ0) is 16.0. The van der Waals surface area contributed by atoms with E-state index in [0.29, 0.717) is 6.42 Å². The first-order chi connectivity index (χ1) is 9.94. The van der Waals surface area contributed by atoms with Crippen LogP contribution in [-0.4, -0.2) is 34.7 Å². The van der Waals surface area contributed by atoms with Crippen LogP contribution in [0.4, 0.5) is 4.39 Å². The summed E-state index contributed by atoms with van der Waals surface area (Å²) < 4.78 is 13.2. The minimum Gasteiger partial charge on any atom is -0.391 e. The molecule has 1 aromatic carbocycles. The van der Waals surface area contributed by atoms with Crippen molar-refractivity contribution in [2.75, 3.05) is 13.1 Å². The van der Waals surface area contributed by atoms with Crippen LogP contribution in [0.5, 0.6) is 0 Å². The highest BCUT2D eigenvalue weighted by Gasteiger charge is 2.38. The van der Waals surface area contributed by atoms with Crippen LogP contribution in [0.2, 0.25) is 5.02 Å². The quantitative estimate of drug-likeness (QED) is 0.774. The fraction of sp³-hybridized carbons (Fsp3) is 0.647. The SMILES string of the molecule is CCN(CC)C(CC)(CC)C(O)Cc1ccc(F)c(Cl)c1. The first-order valence-corrected chi connectivity index (χ1v) is 8.19. The highest BCUT2D eigenvalue weighted by Crippen LogP contribution is 2.30. The lowest BCUT2D eigenvalue weighted by Gasteiger charge is -2.46. The van der Waals surface area contributed by atoms with E-state index in [0.717, 1.165) is 31.5 Å². The number of likely N-dealkylation sites (N-methyl/N-ethyl adjacent to an activating group) is 1. The van der Waals surface area contributed by atoms with Gasteiger partial charge in [-0.2, -0.15) is 0 Å². The normalized spacial score (nSPS) is 13.7. The maximum atomic E-state index is 13.2. The van der Waals surface area contributed by atoms with Crippen LogP contribution in [-0.2, 0) is 6.42 Å². The summed E-state index contributed by atoms with van der Waals surface area (Å²) in [7, 11) is 0. The van der Waals surface area contributed by atoms with Crippen molar-refractivity contribution in [2.45, 2.75) is 58.6 Å². The van der Waals surface area contributed by atoms with Crippen molar-refractivity contribution >= 4 is 11.6 Å². The van der Waals surface area contributed by atoms with Gasteiger partial charge in [0.05, 0.1) is 11.1 Å². The van der Waals surface area contributed by atoms with E-state index in [-0.39, 0.29) is 10.6 Å². The Bertz CT molecular complexity index is 444. The Balaban J connectivity index is 3.00. The fourth-order valence-corrected chi connectivity index (χ4v) is 3.52. The minimum atomic E-state index is -0.506. The van der Waals surface area contributed by atoms with Gasteiger partial charge in [0.25, 0.3) is 0 Å². The van der Waals surface area contributed by atoms with Gasteiger partial charge < -0.3 is 5.11 Å². The largest absolute Gasteiger partial charge is 0.391 e. The molecule has 0 aromatic heterocycles. The van der Waals surface area contributed by atoms with Gasteiger partial charge in [0.2, 0.25) is 0 Å².